The molecule has 1 N–H and O–H groups in total. The first-order valence-electron chi connectivity index (χ1n) is 10.7. The van der Waals surface area contributed by atoms with Crippen LogP contribution in [0, 0.1) is 12.7 Å². The minimum atomic E-state index is -0.853. The number of halogens is 1. The first-order valence-corrected chi connectivity index (χ1v) is 10.7. The van der Waals surface area contributed by atoms with E-state index in [-0.39, 0.29) is 16.7 Å². The summed E-state index contributed by atoms with van der Waals surface area (Å²) < 4.78 is 29.8. The third kappa shape index (κ3) is 3.91. The molecule has 2 aromatic carbocycles. The van der Waals surface area contributed by atoms with Crippen molar-refractivity contribution in [3.05, 3.63) is 76.0 Å². The van der Waals surface area contributed by atoms with Crippen LogP contribution in [0.25, 0.3) is 5.69 Å². The summed E-state index contributed by atoms with van der Waals surface area (Å²) in [5, 5.41) is 2.64. The molecule has 1 aliphatic heterocycles. The van der Waals surface area contributed by atoms with Crippen LogP contribution >= 0.6 is 0 Å². The predicted molar refractivity (Wildman–Crippen MR) is 126 cm³/mol. The molecule has 0 aliphatic carbocycles. The molecular formula is C24H27BFN3O4. The number of aromatic nitrogens is 2. The minimum Gasteiger partial charge on any atom is -0.399 e. The number of benzene rings is 2. The Morgan fingerprint density at radius 3 is 2.21 bits per heavy atom. The Bertz CT molecular complexity index is 1260. The number of hydrogen-bond donors (Lipinski definition) is 1. The average Bonchev–Trinajstić information content (AvgIpc) is 3.09. The summed E-state index contributed by atoms with van der Waals surface area (Å²) in [5.41, 5.74) is -0.0351. The summed E-state index contributed by atoms with van der Waals surface area (Å²) in [5.74, 6) is -1.18. The van der Waals surface area contributed by atoms with Gasteiger partial charge in [0.2, 0.25) is 0 Å². The van der Waals surface area contributed by atoms with Gasteiger partial charge in [-0.05, 0) is 58.9 Å². The molecule has 1 aromatic heterocycles. The predicted octanol–water partition coefficient (Wildman–Crippen LogP) is 3.18. The Kier molecular flexibility index (Phi) is 5.58. The van der Waals surface area contributed by atoms with Gasteiger partial charge in [0.05, 0.1) is 22.6 Å². The van der Waals surface area contributed by atoms with Gasteiger partial charge in [-0.25, -0.2) is 9.07 Å². The second-order valence-electron chi connectivity index (χ2n) is 9.22. The number of amides is 1. The second kappa shape index (κ2) is 8.00. The standard InChI is InChI=1S/C24H27BFN3O4/c1-15-20(22(31)29(28(15)6)17-10-8-7-9-11-17)21(30)27-16-12-13-18(19(26)14-16)25-32-23(2,3)24(4,5)33-25/h7-14H,1-6H3,(H,27,30). The first-order chi connectivity index (χ1) is 15.4. The SMILES string of the molecule is Cc1c(C(=O)Nc2ccc(B3OC(C)(C)C(C)(C)O3)c(F)c2)c(=O)n(-c2ccccc2)n1C. The molecule has 33 heavy (non-hydrogen) atoms. The van der Waals surface area contributed by atoms with Gasteiger partial charge in [-0.2, -0.15) is 0 Å². The highest BCUT2D eigenvalue weighted by atomic mass is 19.1. The number of hydrogen-bond acceptors (Lipinski definition) is 4. The lowest BCUT2D eigenvalue weighted by Gasteiger charge is -2.32. The zero-order chi connectivity index (χ0) is 24.1. The van der Waals surface area contributed by atoms with Gasteiger partial charge >= 0.3 is 7.12 Å². The van der Waals surface area contributed by atoms with Crippen LogP contribution in [0.15, 0.2) is 53.3 Å². The van der Waals surface area contributed by atoms with Gasteiger partial charge in [0.15, 0.2) is 0 Å². The van der Waals surface area contributed by atoms with Crippen molar-refractivity contribution in [1.82, 2.24) is 9.36 Å². The van der Waals surface area contributed by atoms with E-state index >= 15 is 0 Å². The van der Waals surface area contributed by atoms with Crippen LogP contribution in [-0.2, 0) is 16.4 Å². The zero-order valence-corrected chi connectivity index (χ0v) is 19.6. The molecule has 3 aromatic rings. The number of para-hydroxylation sites is 1. The number of carbonyl (C=O) groups is 1. The Morgan fingerprint density at radius 1 is 1.03 bits per heavy atom. The van der Waals surface area contributed by atoms with Crippen LogP contribution in [0.3, 0.4) is 0 Å². The third-order valence-electron chi connectivity index (χ3n) is 6.55. The van der Waals surface area contributed by atoms with Crippen LogP contribution in [-0.4, -0.2) is 33.6 Å². The van der Waals surface area contributed by atoms with Crippen LogP contribution in [0.1, 0.15) is 43.7 Å². The van der Waals surface area contributed by atoms with Crippen molar-refractivity contribution in [2.45, 2.75) is 45.8 Å². The van der Waals surface area contributed by atoms with E-state index in [1.807, 2.05) is 45.9 Å². The molecular weight excluding hydrogens is 424 g/mol. The topological polar surface area (TPSA) is 74.5 Å². The van der Waals surface area contributed by atoms with Crippen molar-refractivity contribution in [3.63, 3.8) is 0 Å². The summed E-state index contributed by atoms with van der Waals surface area (Å²) in [7, 11) is 0.855. The fraction of sp³-hybridized carbons (Fsp3) is 0.333. The maximum Gasteiger partial charge on any atom is 0.497 e. The molecule has 0 saturated carbocycles. The fourth-order valence-corrected chi connectivity index (χ4v) is 3.79. The molecule has 1 amide bonds. The Hall–Kier alpha value is -3.17. The molecule has 0 atom stereocenters. The van der Waals surface area contributed by atoms with Crippen molar-refractivity contribution in [3.8, 4) is 5.69 Å². The highest BCUT2D eigenvalue weighted by Gasteiger charge is 2.52. The molecule has 0 radical (unpaired) electrons. The van der Waals surface area contributed by atoms with Crippen LogP contribution in [0.5, 0.6) is 0 Å². The Balaban J connectivity index is 1.59. The van der Waals surface area contributed by atoms with Crippen molar-refractivity contribution in [2.75, 3.05) is 5.32 Å². The van der Waals surface area contributed by atoms with E-state index in [9.17, 15) is 14.0 Å². The number of anilines is 1. The highest BCUT2D eigenvalue weighted by molar-refractivity contribution is 6.62. The minimum absolute atomic E-state index is 0.00297. The molecule has 172 valence electrons. The Labute approximate surface area is 192 Å². The van der Waals surface area contributed by atoms with E-state index < -0.39 is 35.6 Å². The molecule has 0 bridgehead atoms. The lowest BCUT2D eigenvalue weighted by Crippen LogP contribution is -2.41. The zero-order valence-electron chi connectivity index (χ0n) is 19.6. The van der Waals surface area contributed by atoms with Gasteiger partial charge in [-0.3, -0.25) is 14.3 Å². The van der Waals surface area contributed by atoms with Crippen molar-refractivity contribution in [1.29, 1.82) is 0 Å². The van der Waals surface area contributed by atoms with E-state index in [4.69, 9.17) is 9.31 Å². The molecule has 1 fully saturated rings. The molecule has 1 aliphatic rings. The van der Waals surface area contributed by atoms with E-state index in [0.717, 1.165) is 0 Å². The number of rotatable bonds is 4. The van der Waals surface area contributed by atoms with Crippen LogP contribution < -0.4 is 16.3 Å². The van der Waals surface area contributed by atoms with Crippen molar-refractivity contribution >= 4 is 24.2 Å². The summed E-state index contributed by atoms with van der Waals surface area (Å²) >= 11 is 0. The average molecular weight is 451 g/mol. The molecule has 0 unspecified atom stereocenters. The number of carbonyl (C=O) groups excluding carboxylic acids is 1. The van der Waals surface area contributed by atoms with E-state index in [1.54, 1.807) is 36.9 Å². The molecule has 0 spiro atoms. The molecule has 4 rings (SSSR count). The third-order valence-corrected chi connectivity index (χ3v) is 6.55. The van der Waals surface area contributed by atoms with Gasteiger partial charge in [0.25, 0.3) is 11.5 Å². The van der Waals surface area contributed by atoms with Gasteiger partial charge in [-0.15, -0.1) is 0 Å². The largest absolute Gasteiger partial charge is 0.497 e. The lowest BCUT2D eigenvalue weighted by molar-refractivity contribution is 0.00578. The van der Waals surface area contributed by atoms with E-state index in [2.05, 4.69) is 5.32 Å². The van der Waals surface area contributed by atoms with Gasteiger partial charge in [0.1, 0.15) is 11.4 Å². The van der Waals surface area contributed by atoms with Gasteiger partial charge in [-0.1, -0.05) is 24.3 Å². The van der Waals surface area contributed by atoms with Gasteiger partial charge in [0, 0.05) is 18.2 Å². The molecule has 9 heteroatoms. The normalized spacial score (nSPS) is 16.8. The van der Waals surface area contributed by atoms with Gasteiger partial charge < -0.3 is 14.6 Å². The van der Waals surface area contributed by atoms with E-state index in [0.29, 0.717) is 11.4 Å². The molecule has 1 saturated heterocycles. The highest BCUT2D eigenvalue weighted by Crippen LogP contribution is 2.36. The second-order valence-corrected chi connectivity index (χ2v) is 9.22. The van der Waals surface area contributed by atoms with Crippen LogP contribution in [0.2, 0.25) is 0 Å². The monoisotopic (exact) mass is 451 g/mol. The summed E-state index contributed by atoms with van der Waals surface area (Å²) in [6.45, 7) is 9.26. The quantitative estimate of drug-likeness (QED) is 0.619. The van der Waals surface area contributed by atoms with Crippen molar-refractivity contribution < 1.29 is 18.5 Å². The fourth-order valence-electron chi connectivity index (χ4n) is 3.79. The Morgan fingerprint density at radius 2 is 1.64 bits per heavy atom. The first kappa shape index (κ1) is 23.0. The number of nitrogens with one attached hydrogen (secondary N) is 1. The smallest absolute Gasteiger partial charge is 0.399 e. The maximum atomic E-state index is 14.9. The number of nitrogens with zero attached hydrogens (tertiary/aromatic N) is 2. The van der Waals surface area contributed by atoms with Crippen molar-refractivity contribution in [2.24, 2.45) is 7.05 Å². The maximum absolute atomic E-state index is 14.9. The summed E-state index contributed by atoms with van der Waals surface area (Å²) in [4.78, 5) is 26.0. The lowest BCUT2D eigenvalue weighted by atomic mass is 9.78. The molecule has 2 heterocycles. The van der Waals surface area contributed by atoms with E-state index in [1.165, 1.54) is 16.8 Å². The van der Waals surface area contributed by atoms with Crippen LogP contribution in [0.4, 0.5) is 10.1 Å². The summed E-state index contributed by atoms with van der Waals surface area (Å²) in [6.07, 6.45) is 0. The molecule has 7 nitrogen and oxygen atoms in total. The summed E-state index contributed by atoms with van der Waals surface area (Å²) in [6, 6.07) is 13.3.